The van der Waals surface area contributed by atoms with Gasteiger partial charge in [-0.15, -0.1) is 0 Å². The molecule has 4 heterocycles. The molecule has 2 aromatic heterocycles. The highest BCUT2D eigenvalue weighted by molar-refractivity contribution is 7.80. The van der Waals surface area contributed by atoms with E-state index in [-0.39, 0.29) is 17.2 Å². The summed E-state index contributed by atoms with van der Waals surface area (Å²) in [5.74, 6) is 0.370. The van der Waals surface area contributed by atoms with Crippen LogP contribution in [0.4, 0.5) is 11.4 Å². The lowest BCUT2D eigenvalue weighted by Crippen LogP contribution is -2.43. The molecule has 1 aliphatic carbocycles. The number of fused-ring (bicyclic) bond motifs is 11. The Morgan fingerprint density at radius 1 is 0.723 bits per heavy atom. The molecule has 232 valence electrons. The number of carbonyl (C=O) groups excluding carboxylic acids is 1. The van der Waals surface area contributed by atoms with E-state index in [4.69, 9.17) is 20.3 Å². The monoisotopic (exact) mass is 656 g/mol. The molecule has 9 rings (SSSR count). The van der Waals surface area contributed by atoms with Gasteiger partial charge >= 0.3 is 0 Å². The Hall–Kier alpha value is -4.83. The normalized spacial score (nSPS) is 23.7. The number of rotatable bonds is 3. The minimum atomic E-state index is -3.39. The highest BCUT2D eigenvalue weighted by Crippen LogP contribution is 2.63. The predicted molar refractivity (Wildman–Crippen MR) is 186 cm³/mol. The van der Waals surface area contributed by atoms with Gasteiger partial charge in [0.25, 0.3) is 0 Å². The van der Waals surface area contributed by atoms with Gasteiger partial charge in [0.15, 0.2) is 12.9 Å². The fourth-order valence-corrected chi connectivity index (χ4v) is 14.3. The van der Waals surface area contributed by atoms with Crippen LogP contribution in [0, 0.1) is 0 Å². The van der Waals surface area contributed by atoms with Crippen LogP contribution in [0.25, 0.3) is 11.1 Å². The second-order valence-corrected chi connectivity index (χ2v) is 18.8. The van der Waals surface area contributed by atoms with Crippen molar-refractivity contribution in [1.82, 2.24) is 0 Å². The lowest BCUT2D eigenvalue weighted by Gasteiger charge is -2.39. The van der Waals surface area contributed by atoms with Gasteiger partial charge in [0.1, 0.15) is 30.8 Å². The number of ketones is 1. The van der Waals surface area contributed by atoms with Crippen molar-refractivity contribution < 1.29 is 22.8 Å². The molecular weight excluding hydrogens is 626 g/mol. The molecule has 0 saturated carbocycles. The molecule has 3 aliphatic rings. The quantitative estimate of drug-likeness (QED) is 0.219. The van der Waals surface area contributed by atoms with Crippen molar-refractivity contribution >= 4 is 52.7 Å². The predicted octanol–water partition coefficient (Wildman–Crippen LogP) is 6.15. The van der Waals surface area contributed by atoms with Gasteiger partial charge in [-0.2, -0.15) is 0 Å². The number of carbonyl (C=O) groups is 1. The summed E-state index contributed by atoms with van der Waals surface area (Å²) >= 11 is 0. The van der Waals surface area contributed by atoms with E-state index in [9.17, 15) is 9.36 Å². The van der Waals surface area contributed by atoms with Gasteiger partial charge < -0.3 is 29.4 Å². The van der Waals surface area contributed by atoms with Crippen LogP contribution in [0.5, 0.6) is 0 Å². The third kappa shape index (κ3) is 3.36. The average Bonchev–Trinajstić information content (AvgIpc) is 3.76. The summed E-state index contributed by atoms with van der Waals surface area (Å²) in [6.45, 7) is 3.73. The van der Waals surface area contributed by atoms with Crippen LogP contribution >= 0.6 is 14.3 Å². The SMILES string of the molecule is CC(Cc1ccc2c(c1)-c1ccccc1C21c2ccccc2P(C)(=O)c2c(N)coc21)P1(=O)c2ccccc2C(=O)c2occ(N)c21. The van der Waals surface area contributed by atoms with Crippen molar-refractivity contribution in [3.05, 3.63) is 143 Å². The Morgan fingerprint density at radius 2 is 1.34 bits per heavy atom. The van der Waals surface area contributed by atoms with Gasteiger partial charge in [-0.05, 0) is 46.5 Å². The first-order valence-electron chi connectivity index (χ1n) is 15.5. The van der Waals surface area contributed by atoms with Crippen molar-refractivity contribution in [2.75, 3.05) is 18.1 Å². The van der Waals surface area contributed by atoms with Crippen LogP contribution < -0.4 is 32.7 Å². The zero-order valence-electron chi connectivity index (χ0n) is 25.7. The van der Waals surface area contributed by atoms with E-state index >= 15 is 4.57 Å². The second-order valence-electron chi connectivity index (χ2n) is 12.9. The van der Waals surface area contributed by atoms with Crippen molar-refractivity contribution in [1.29, 1.82) is 0 Å². The summed E-state index contributed by atoms with van der Waals surface area (Å²) in [5, 5.41) is 2.20. The Bertz CT molecular complexity index is 2460. The van der Waals surface area contributed by atoms with Crippen LogP contribution in [0.3, 0.4) is 0 Å². The lowest BCUT2D eigenvalue weighted by atomic mass is 9.70. The van der Waals surface area contributed by atoms with Crippen molar-refractivity contribution in [2.45, 2.75) is 24.4 Å². The smallest absolute Gasteiger partial charge is 0.229 e. The Morgan fingerprint density at radius 3 is 2.13 bits per heavy atom. The molecule has 4 aromatic carbocycles. The molecule has 0 bridgehead atoms. The molecule has 4 atom stereocenters. The van der Waals surface area contributed by atoms with Crippen LogP contribution in [0.2, 0.25) is 0 Å². The third-order valence-corrected chi connectivity index (χ3v) is 16.7. The Labute approximate surface area is 271 Å². The maximum Gasteiger partial charge on any atom is 0.229 e. The van der Waals surface area contributed by atoms with Gasteiger partial charge in [-0.3, -0.25) is 4.79 Å². The Kier molecular flexibility index (Phi) is 5.67. The number of hydrogen-bond donors (Lipinski definition) is 2. The van der Waals surface area contributed by atoms with E-state index in [0.717, 1.165) is 38.7 Å². The highest BCUT2D eigenvalue weighted by atomic mass is 31.2. The highest BCUT2D eigenvalue weighted by Gasteiger charge is 2.57. The molecule has 7 nitrogen and oxygen atoms in total. The molecule has 9 heteroatoms. The van der Waals surface area contributed by atoms with Gasteiger partial charge in [-0.1, -0.05) is 97.9 Å². The first-order chi connectivity index (χ1) is 22.6. The van der Waals surface area contributed by atoms with E-state index in [1.807, 2.05) is 43.3 Å². The van der Waals surface area contributed by atoms with Crippen LogP contribution in [-0.4, -0.2) is 18.1 Å². The molecule has 0 radical (unpaired) electrons. The van der Waals surface area contributed by atoms with E-state index in [2.05, 4.69) is 36.4 Å². The van der Waals surface area contributed by atoms with Crippen LogP contribution in [0.1, 0.15) is 51.1 Å². The molecule has 0 saturated heterocycles. The number of nitrogens with two attached hydrogens (primary N) is 2. The number of furan rings is 2. The first-order valence-corrected chi connectivity index (χ1v) is 19.4. The molecule has 47 heavy (non-hydrogen) atoms. The molecule has 4 N–H and O–H groups in total. The summed E-state index contributed by atoms with van der Waals surface area (Å²) < 4.78 is 41.7. The van der Waals surface area contributed by atoms with Gasteiger partial charge in [-0.25, -0.2) is 0 Å². The minimum absolute atomic E-state index is 0.0684. The maximum absolute atomic E-state index is 15.3. The summed E-state index contributed by atoms with van der Waals surface area (Å²) in [7, 11) is -6.45. The zero-order valence-corrected chi connectivity index (χ0v) is 27.5. The number of benzene rings is 4. The first kappa shape index (κ1) is 28.4. The summed E-state index contributed by atoms with van der Waals surface area (Å²) in [6.07, 6.45) is 3.31. The third-order valence-electron chi connectivity index (χ3n) is 10.4. The van der Waals surface area contributed by atoms with Crippen LogP contribution in [0.15, 0.2) is 112 Å². The molecule has 1 spiro atoms. The summed E-state index contributed by atoms with van der Waals surface area (Å²) in [5.41, 5.74) is 18.6. The topological polar surface area (TPSA) is 130 Å². The minimum Gasteiger partial charge on any atom is -0.465 e. The molecule has 2 aliphatic heterocycles. The summed E-state index contributed by atoms with van der Waals surface area (Å²) in [6, 6.07) is 29.6. The number of hydrogen-bond acceptors (Lipinski definition) is 7. The molecule has 4 unspecified atom stereocenters. The fraction of sp³-hybridized carbons (Fsp3) is 0.132. The Balaban J connectivity index is 1.23. The van der Waals surface area contributed by atoms with Gasteiger partial charge in [0, 0.05) is 21.8 Å². The van der Waals surface area contributed by atoms with E-state index in [1.165, 1.54) is 12.5 Å². The largest absolute Gasteiger partial charge is 0.465 e. The zero-order chi connectivity index (χ0) is 32.5. The molecule has 6 aromatic rings. The average molecular weight is 657 g/mol. The van der Waals surface area contributed by atoms with Gasteiger partial charge in [0.2, 0.25) is 5.78 Å². The van der Waals surface area contributed by atoms with Gasteiger partial charge in [0.05, 0.1) is 22.0 Å². The van der Waals surface area contributed by atoms with E-state index in [1.54, 1.807) is 24.9 Å². The van der Waals surface area contributed by atoms with Crippen molar-refractivity contribution in [2.24, 2.45) is 0 Å². The standard InChI is InChI=1S/C38H30N2O5P2/c1-21(47(43)31-13-7-4-10-24(31)33(41)34-35(47)29(39)19-44-34)17-22-15-16-27-25(18-22)23-9-3-5-11-26(23)38(27)28-12-6-8-14-32(28)46(2,42)36-30(40)20-45-37(36)38/h3-16,18-21H,17,39-40H2,1-2H3. The molecular formula is C38H30N2O5P2. The number of anilines is 2. The molecule has 0 fully saturated rings. The maximum atomic E-state index is 15.3. The second kappa shape index (κ2) is 9.38. The molecule has 0 amide bonds. The summed E-state index contributed by atoms with van der Waals surface area (Å²) in [4.78, 5) is 13.3. The fourth-order valence-electron chi connectivity index (χ4n) is 8.46. The van der Waals surface area contributed by atoms with E-state index in [0.29, 0.717) is 39.3 Å². The van der Waals surface area contributed by atoms with E-state index < -0.39 is 25.4 Å². The van der Waals surface area contributed by atoms with Crippen molar-refractivity contribution in [3.63, 3.8) is 0 Å². The van der Waals surface area contributed by atoms with Crippen LogP contribution in [-0.2, 0) is 21.0 Å². The number of nitrogen functional groups attached to an aromatic ring is 2. The van der Waals surface area contributed by atoms with Crippen molar-refractivity contribution in [3.8, 4) is 11.1 Å². The lowest BCUT2D eigenvalue weighted by molar-refractivity contribution is 0.101.